The van der Waals surface area contributed by atoms with Crippen LogP contribution in [0.3, 0.4) is 0 Å². The van der Waals surface area contributed by atoms with E-state index in [1.807, 2.05) is 13.8 Å². The summed E-state index contributed by atoms with van der Waals surface area (Å²) in [6.07, 6.45) is 0.777. The van der Waals surface area contributed by atoms with E-state index in [0.717, 1.165) is 26.1 Å². The first-order chi connectivity index (χ1) is 8.12. The summed E-state index contributed by atoms with van der Waals surface area (Å²) in [6, 6.07) is 8.44. The fourth-order valence-corrected chi connectivity index (χ4v) is 2.21. The highest BCUT2D eigenvalue weighted by atomic mass is 16.3. The minimum Gasteiger partial charge on any atom is -0.388 e. The van der Waals surface area contributed by atoms with Gasteiger partial charge in [-0.2, -0.15) is 0 Å². The number of anilines is 1. The molecule has 1 unspecified atom stereocenters. The first-order valence-electron chi connectivity index (χ1n) is 6.38. The van der Waals surface area contributed by atoms with E-state index < -0.39 is 5.60 Å². The Kier molecular flexibility index (Phi) is 3.69. The second-order valence-electron chi connectivity index (χ2n) is 5.08. The van der Waals surface area contributed by atoms with Gasteiger partial charge in [0.05, 0.1) is 5.60 Å². The highest BCUT2D eigenvalue weighted by molar-refractivity contribution is 5.54. The standard InChI is InChI=1S/C14H22N2O/c1-3-14(2,17)11-16-9-8-15-10-12-6-4-5-7-13(12)16/h4-7,15,17H,3,8-11H2,1-2H3. The lowest BCUT2D eigenvalue weighted by atomic mass is 10.0. The molecule has 94 valence electrons. The van der Waals surface area contributed by atoms with E-state index >= 15 is 0 Å². The van der Waals surface area contributed by atoms with Crippen LogP contribution in [0.4, 0.5) is 5.69 Å². The number of hydrogen-bond acceptors (Lipinski definition) is 3. The van der Waals surface area contributed by atoms with Crippen LogP contribution in [0.5, 0.6) is 0 Å². The van der Waals surface area contributed by atoms with Crippen LogP contribution in [-0.4, -0.2) is 30.3 Å². The maximum Gasteiger partial charge on any atom is 0.0791 e. The third-order valence-corrected chi connectivity index (χ3v) is 3.50. The topological polar surface area (TPSA) is 35.5 Å². The lowest BCUT2D eigenvalue weighted by molar-refractivity contribution is 0.0631. The van der Waals surface area contributed by atoms with E-state index in [-0.39, 0.29) is 0 Å². The number of nitrogens with zero attached hydrogens (tertiary/aromatic N) is 1. The molecule has 0 spiro atoms. The molecule has 17 heavy (non-hydrogen) atoms. The molecule has 2 N–H and O–H groups in total. The molecular weight excluding hydrogens is 212 g/mol. The zero-order valence-electron chi connectivity index (χ0n) is 10.7. The van der Waals surface area contributed by atoms with Crippen molar-refractivity contribution in [2.45, 2.75) is 32.4 Å². The molecule has 1 aromatic rings. The van der Waals surface area contributed by atoms with Crippen LogP contribution < -0.4 is 10.2 Å². The largest absolute Gasteiger partial charge is 0.388 e. The van der Waals surface area contributed by atoms with Crippen LogP contribution in [0.2, 0.25) is 0 Å². The van der Waals surface area contributed by atoms with Crippen LogP contribution >= 0.6 is 0 Å². The summed E-state index contributed by atoms with van der Waals surface area (Å²) >= 11 is 0. The number of β-amino-alcohol motifs (C(OH)–C–C–N with tert-alkyl or cyclic N) is 1. The molecule has 0 saturated carbocycles. The van der Waals surface area contributed by atoms with Gasteiger partial charge in [-0.05, 0) is 25.0 Å². The van der Waals surface area contributed by atoms with Crippen LogP contribution in [0.15, 0.2) is 24.3 Å². The average molecular weight is 234 g/mol. The van der Waals surface area contributed by atoms with E-state index in [2.05, 4.69) is 34.5 Å². The van der Waals surface area contributed by atoms with Crippen molar-refractivity contribution in [1.29, 1.82) is 0 Å². The first kappa shape index (κ1) is 12.4. The summed E-state index contributed by atoms with van der Waals surface area (Å²) in [4.78, 5) is 2.29. The van der Waals surface area contributed by atoms with Gasteiger partial charge < -0.3 is 15.3 Å². The third kappa shape index (κ3) is 2.99. The van der Waals surface area contributed by atoms with Gasteiger partial charge >= 0.3 is 0 Å². The second kappa shape index (κ2) is 5.07. The molecule has 0 saturated heterocycles. The fourth-order valence-electron chi connectivity index (χ4n) is 2.21. The lowest BCUT2D eigenvalue weighted by Crippen LogP contribution is -2.42. The maximum absolute atomic E-state index is 10.2. The minimum atomic E-state index is -0.614. The first-order valence-corrected chi connectivity index (χ1v) is 6.38. The summed E-state index contributed by atoms with van der Waals surface area (Å²) in [5.74, 6) is 0. The second-order valence-corrected chi connectivity index (χ2v) is 5.08. The number of para-hydroxylation sites is 1. The highest BCUT2D eigenvalue weighted by Gasteiger charge is 2.24. The van der Waals surface area contributed by atoms with Crippen molar-refractivity contribution < 1.29 is 5.11 Å². The van der Waals surface area contributed by atoms with Crippen LogP contribution in [0, 0.1) is 0 Å². The van der Waals surface area contributed by atoms with Crippen molar-refractivity contribution in [2.24, 2.45) is 0 Å². The van der Waals surface area contributed by atoms with Gasteiger partial charge in [-0.15, -0.1) is 0 Å². The molecule has 1 aliphatic rings. The molecule has 1 heterocycles. The predicted octanol–water partition coefficient (Wildman–Crippen LogP) is 1.76. The van der Waals surface area contributed by atoms with Gasteiger partial charge in [-0.1, -0.05) is 25.1 Å². The Hall–Kier alpha value is -1.06. The zero-order chi connectivity index (χ0) is 12.3. The summed E-state index contributed by atoms with van der Waals surface area (Å²) in [7, 11) is 0. The lowest BCUT2D eigenvalue weighted by Gasteiger charge is -2.32. The molecular formula is C14H22N2O. The Balaban J connectivity index is 2.23. The molecule has 2 rings (SSSR count). The van der Waals surface area contributed by atoms with Crippen LogP contribution in [0.1, 0.15) is 25.8 Å². The minimum absolute atomic E-state index is 0.614. The number of benzene rings is 1. The van der Waals surface area contributed by atoms with E-state index in [0.29, 0.717) is 6.54 Å². The van der Waals surface area contributed by atoms with Crippen molar-refractivity contribution in [3.63, 3.8) is 0 Å². The van der Waals surface area contributed by atoms with Crippen molar-refractivity contribution in [3.05, 3.63) is 29.8 Å². The number of rotatable bonds is 3. The third-order valence-electron chi connectivity index (χ3n) is 3.50. The quantitative estimate of drug-likeness (QED) is 0.836. The Bertz CT molecular complexity index is 376. The summed E-state index contributed by atoms with van der Waals surface area (Å²) in [5.41, 5.74) is 1.96. The number of fused-ring (bicyclic) bond motifs is 1. The molecule has 3 heteroatoms. The molecule has 0 bridgehead atoms. The Morgan fingerprint density at radius 2 is 2.18 bits per heavy atom. The molecule has 0 amide bonds. The van der Waals surface area contributed by atoms with Gasteiger partial charge in [-0.3, -0.25) is 0 Å². The van der Waals surface area contributed by atoms with Gasteiger partial charge in [0, 0.05) is 31.9 Å². The molecule has 0 aromatic heterocycles. The van der Waals surface area contributed by atoms with Crippen molar-refractivity contribution in [2.75, 3.05) is 24.5 Å². The van der Waals surface area contributed by atoms with Gasteiger partial charge in [0.25, 0.3) is 0 Å². The van der Waals surface area contributed by atoms with Crippen molar-refractivity contribution in [1.82, 2.24) is 5.32 Å². The summed E-state index contributed by atoms with van der Waals surface area (Å²) in [6.45, 7) is 7.47. The fraction of sp³-hybridized carbons (Fsp3) is 0.571. The van der Waals surface area contributed by atoms with Gasteiger partial charge in [0.1, 0.15) is 0 Å². The molecule has 1 aromatic carbocycles. The van der Waals surface area contributed by atoms with Gasteiger partial charge in [0.15, 0.2) is 0 Å². The molecule has 1 aliphatic heterocycles. The van der Waals surface area contributed by atoms with Crippen molar-refractivity contribution in [3.8, 4) is 0 Å². The molecule has 0 radical (unpaired) electrons. The number of hydrogen-bond donors (Lipinski definition) is 2. The molecule has 1 atom stereocenters. The van der Waals surface area contributed by atoms with E-state index in [4.69, 9.17) is 0 Å². The summed E-state index contributed by atoms with van der Waals surface area (Å²) < 4.78 is 0. The van der Waals surface area contributed by atoms with E-state index in [9.17, 15) is 5.11 Å². The van der Waals surface area contributed by atoms with E-state index in [1.165, 1.54) is 11.3 Å². The van der Waals surface area contributed by atoms with Crippen LogP contribution in [-0.2, 0) is 6.54 Å². The maximum atomic E-state index is 10.2. The Morgan fingerprint density at radius 1 is 1.41 bits per heavy atom. The Labute approximate surface area is 103 Å². The van der Waals surface area contributed by atoms with E-state index in [1.54, 1.807) is 0 Å². The molecule has 0 fully saturated rings. The molecule has 3 nitrogen and oxygen atoms in total. The average Bonchev–Trinajstić information content (AvgIpc) is 2.52. The number of nitrogens with one attached hydrogen (secondary N) is 1. The van der Waals surface area contributed by atoms with Crippen molar-refractivity contribution >= 4 is 5.69 Å². The zero-order valence-corrected chi connectivity index (χ0v) is 10.7. The molecule has 0 aliphatic carbocycles. The monoisotopic (exact) mass is 234 g/mol. The van der Waals surface area contributed by atoms with Gasteiger partial charge in [-0.25, -0.2) is 0 Å². The Morgan fingerprint density at radius 3 is 2.94 bits per heavy atom. The summed E-state index contributed by atoms with van der Waals surface area (Å²) in [5, 5.41) is 13.6. The normalized spacial score (nSPS) is 19.4. The highest BCUT2D eigenvalue weighted by Crippen LogP contribution is 2.24. The number of aliphatic hydroxyl groups is 1. The van der Waals surface area contributed by atoms with Crippen LogP contribution in [0.25, 0.3) is 0 Å². The SMILES string of the molecule is CCC(C)(O)CN1CCNCc2ccccc21. The smallest absolute Gasteiger partial charge is 0.0791 e. The van der Waals surface area contributed by atoms with Gasteiger partial charge in [0.2, 0.25) is 0 Å². The predicted molar refractivity (Wildman–Crippen MR) is 71.3 cm³/mol.